The summed E-state index contributed by atoms with van der Waals surface area (Å²) >= 11 is 6.40. The number of nitrogens with one attached hydrogen (secondary N) is 3. The first kappa shape index (κ1) is 40.0. The molecule has 0 radical (unpaired) electrons. The molecule has 2 aromatic heterocycles. The summed E-state index contributed by atoms with van der Waals surface area (Å²) in [4.78, 5) is 31.7. The van der Waals surface area contributed by atoms with Crippen LogP contribution < -0.4 is 10.6 Å². The maximum atomic E-state index is 14.4. The highest BCUT2D eigenvalue weighted by Crippen LogP contribution is 2.49. The predicted octanol–water partition coefficient (Wildman–Crippen LogP) is 8.08. The number of carbonyl (C=O) groups excluding carboxylic acids is 2. The number of amides is 2. The van der Waals surface area contributed by atoms with Crippen LogP contribution in [0.25, 0.3) is 16.8 Å². The van der Waals surface area contributed by atoms with E-state index in [1.165, 1.54) is 48.7 Å². The molecule has 5 rings (SSSR count). The lowest BCUT2D eigenvalue weighted by Crippen LogP contribution is -2.50. The monoisotopic (exact) mass is 785 g/mol. The minimum absolute atomic E-state index is 0.0312. The van der Waals surface area contributed by atoms with Crippen LogP contribution in [-0.2, 0) is 4.74 Å². The molecular weight excluding hydrogens is 751 g/mol. The summed E-state index contributed by atoms with van der Waals surface area (Å²) < 4.78 is 101. The Bertz CT molecular complexity index is 1970. The van der Waals surface area contributed by atoms with E-state index in [1.807, 2.05) is 26.1 Å². The third-order valence-corrected chi connectivity index (χ3v) is 8.88. The Kier molecular flexibility index (Phi) is 11.6. The largest absolute Gasteiger partial charge is 0.447 e. The number of nitrogens with zero attached hydrogens (tertiary/aromatic N) is 6. The van der Waals surface area contributed by atoms with Crippen LogP contribution in [0.15, 0.2) is 61.2 Å². The average Bonchev–Trinajstić information content (AvgIpc) is 3.47. The number of guanidine groups is 1. The van der Waals surface area contributed by atoms with Crippen molar-refractivity contribution < 1.29 is 45.1 Å². The van der Waals surface area contributed by atoms with Crippen molar-refractivity contribution in [2.75, 3.05) is 13.2 Å². The summed E-state index contributed by atoms with van der Waals surface area (Å²) in [5.41, 5.74) is -2.05. The van der Waals surface area contributed by atoms with Gasteiger partial charge in [-0.2, -0.15) is 32.1 Å². The Morgan fingerprint density at radius 3 is 2.30 bits per heavy atom. The van der Waals surface area contributed by atoms with Gasteiger partial charge in [0.1, 0.15) is 18.5 Å². The lowest BCUT2D eigenvalue weighted by Gasteiger charge is -2.33. The lowest BCUT2D eigenvalue weighted by atomic mass is 9.92. The SMILES string of the molecule is CC(C)(C)CCNC(=N)N(C(=O)c1ccc(-c2cnn(C(F)F)c2)cc1)[C@H](COC(=O)NC1(C(F)(F)F)CC1)c1ccc(Cl)c(-n2ncnc2C(F)F)c1. The zero-order valence-electron chi connectivity index (χ0n) is 29.0. The first-order valence-corrected chi connectivity index (χ1v) is 16.8. The van der Waals surface area contributed by atoms with E-state index in [0.29, 0.717) is 22.2 Å². The minimum Gasteiger partial charge on any atom is -0.447 e. The number of halogens is 8. The molecule has 0 unspecified atom stereocenters. The molecule has 4 aromatic rings. The molecule has 1 aliphatic rings. The molecule has 1 fully saturated rings. The summed E-state index contributed by atoms with van der Waals surface area (Å²) in [7, 11) is 0. The van der Waals surface area contributed by atoms with Gasteiger partial charge in [-0.05, 0) is 60.1 Å². The van der Waals surface area contributed by atoms with Crippen molar-refractivity contribution in [2.24, 2.45) is 5.41 Å². The van der Waals surface area contributed by atoms with E-state index in [1.54, 1.807) is 0 Å². The molecule has 2 heterocycles. The van der Waals surface area contributed by atoms with E-state index in [9.17, 15) is 40.3 Å². The number of rotatable bonds is 12. The molecule has 1 aliphatic carbocycles. The van der Waals surface area contributed by atoms with Crippen LogP contribution in [0.5, 0.6) is 0 Å². The Morgan fingerprint density at radius 1 is 1.04 bits per heavy atom. The molecule has 12 nitrogen and oxygen atoms in total. The third-order valence-electron chi connectivity index (χ3n) is 8.56. The smallest absolute Gasteiger partial charge is 0.411 e. The molecular formula is C34H35ClF7N9O3. The highest BCUT2D eigenvalue weighted by atomic mass is 35.5. The van der Waals surface area contributed by atoms with Crippen molar-refractivity contribution in [2.45, 2.75) is 70.8 Å². The van der Waals surface area contributed by atoms with E-state index < -0.39 is 61.1 Å². The predicted molar refractivity (Wildman–Crippen MR) is 181 cm³/mol. The van der Waals surface area contributed by atoms with Crippen molar-refractivity contribution in [3.05, 3.63) is 83.2 Å². The molecule has 20 heteroatoms. The molecule has 0 spiro atoms. The summed E-state index contributed by atoms with van der Waals surface area (Å²) in [6.07, 6.45) is -6.32. The zero-order valence-corrected chi connectivity index (χ0v) is 29.7. The molecule has 1 atom stereocenters. The van der Waals surface area contributed by atoms with Crippen molar-refractivity contribution in [1.82, 2.24) is 40.1 Å². The van der Waals surface area contributed by atoms with Gasteiger partial charge in [-0.3, -0.25) is 15.1 Å². The molecule has 54 heavy (non-hydrogen) atoms. The van der Waals surface area contributed by atoms with Crippen molar-refractivity contribution in [3.8, 4) is 16.8 Å². The zero-order chi connectivity index (χ0) is 39.6. The van der Waals surface area contributed by atoms with Crippen LogP contribution >= 0.6 is 11.6 Å². The highest BCUT2D eigenvalue weighted by Gasteiger charge is 2.64. The molecule has 2 amide bonds. The summed E-state index contributed by atoms with van der Waals surface area (Å²) in [6.45, 7) is 2.33. The van der Waals surface area contributed by atoms with Crippen molar-refractivity contribution in [3.63, 3.8) is 0 Å². The van der Waals surface area contributed by atoms with Gasteiger partial charge in [0.05, 0.1) is 22.9 Å². The molecule has 1 saturated carbocycles. The van der Waals surface area contributed by atoms with Crippen LogP contribution in [0.2, 0.25) is 5.02 Å². The van der Waals surface area contributed by atoms with E-state index in [-0.39, 0.29) is 46.6 Å². The first-order chi connectivity index (χ1) is 25.3. The van der Waals surface area contributed by atoms with E-state index in [4.69, 9.17) is 21.7 Å². The fourth-order valence-electron chi connectivity index (χ4n) is 5.37. The quantitative estimate of drug-likeness (QED) is 0.0749. The van der Waals surface area contributed by atoms with Gasteiger partial charge >= 0.3 is 18.8 Å². The van der Waals surface area contributed by atoms with Gasteiger partial charge in [0.25, 0.3) is 12.3 Å². The second kappa shape index (κ2) is 15.6. The van der Waals surface area contributed by atoms with Crippen LogP contribution in [-0.4, -0.2) is 72.3 Å². The Balaban J connectivity index is 1.56. The van der Waals surface area contributed by atoms with Crippen molar-refractivity contribution in [1.29, 1.82) is 5.41 Å². The Labute approximate surface area is 309 Å². The number of aromatic nitrogens is 5. The second-order valence-corrected chi connectivity index (χ2v) is 14.1. The van der Waals surface area contributed by atoms with Crippen LogP contribution in [0, 0.1) is 10.8 Å². The Hall–Kier alpha value is -5.20. The van der Waals surface area contributed by atoms with Gasteiger partial charge in [0.2, 0.25) is 0 Å². The second-order valence-electron chi connectivity index (χ2n) is 13.7. The number of benzene rings is 2. The number of ether oxygens (including phenoxy) is 1. The minimum atomic E-state index is -4.76. The van der Waals surface area contributed by atoms with Gasteiger partial charge in [0.15, 0.2) is 11.8 Å². The lowest BCUT2D eigenvalue weighted by molar-refractivity contribution is -0.164. The van der Waals surface area contributed by atoms with Crippen LogP contribution in [0.3, 0.4) is 0 Å². The fraction of sp³-hybridized carbons (Fsp3) is 0.412. The van der Waals surface area contributed by atoms with Crippen LogP contribution in [0.4, 0.5) is 35.5 Å². The number of hydrogen-bond donors (Lipinski definition) is 3. The van der Waals surface area contributed by atoms with Gasteiger partial charge < -0.3 is 15.4 Å². The maximum absolute atomic E-state index is 14.4. The number of hydrogen-bond acceptors (Lipinski definition) is 7. The van der Waals surface area contributed by atoms with Crippen molar-refractivity contribution >= 4 is 29.6 Å². The van der Waals surface area contributed by atoms with Gasteiger partial charge in [-0.1, -0.05) is 50.6 Å². The normalized spacial score (nSPS) is 14.5. The average molecular weight is 786 g/mol. The topological polar surface area (TPSA) is 143 Å². The molecule has 0 bridgehead atoms. The molecule has 2 aromatic carbocycles. The van der Waals surface area contributed by atoms with Crippen LogP contribution in [0.1, 0.15) is 80.8 Å². The first-order valence-electron chi connectivity index (χ1n) is 16.4. The molecule has 3 N–H and O–H groups in total. The standard InChI is InChI=1S/C34H35ClF7N9O3/c1-32(2,3)12-13-44-30(43)50(28(52)20-6-4-19(5-7-20)22-15-46-49(16-22)29(38)39)25(17-54-31(53)48-33(10-11-33)34(40,41)42)21-8-9-23(35)24(14-21)51-27(26(36)37)45-18-47-51/h4-9,14-16,18,25-26,29H,10-13,17H2,1-3H3,(H2,43,44)(H,48,53)/t25-/m1/s1. The summed E-state index contributed by atoms with van der Waals surface area (Å²) in [5, 5.41) is 21.1. The Morgan fingerprint density at radius 2 is 1.72 bits per heavy atom. The highest BCUT2D eigenvalue weighted by molar-refractivity contribution is 6.32. The molecule has 0 aliphatic heterocycles. The van der Waals surface area contributed by atoms with Gasteiger partial charge in [0, 0.05) is 23.9 Å². The summed E-state index contributed by atoms with van der Waals surface area (Å²) in [6, 6.07) is 8.05. The molecule has 290 valence electrons. The van der Waals surface area contributed by atoms with Gasteiger partial charge in [-0.15, -0.1) is 0 Å². The van der Waals surface area contributed by atoms with Gasteiger partial charge in [-0.25, -0.2) is 27.9 Å². The summed E-state index contributed by atoms with van der Waals surface area (Å²) in [5.74, 6) is -2.13. The number of carbonyl (C=O) groups is 2. The fourth-order valence-corrected chi connectivity index (χ4v) is 5.57. The van der Waals surface area contributed by atoms with E-state index in [2.05, 4.69) is 20.5 Å². The number of alkyl halides is 7. The molecule has 0 saturated heterocycles. The van der Waals surface area contributed by atoms with E-state index in [0.717, 1.165) is 22.1 Å². The third kappa shape index (κ3) is 9.11. The number of alkyl carbamates (subject to hydrolysis) is 1. The van der Waals surface area contributed by atoms with E-state index >= 15 is 0 Å². The maximum Gasteiger partial charge on any atom is 0.411 e.